The van der Waals surface area contributed by atoms with Crippen LogP contribution in [0.1, 0.15) is 41.0 Å². The summed E-state index contributed by atoms with van der Waals surface area (Å²) in [5.74, 6) is -0.414. The lowest BCUT2D eigenvalue weighted by Gasteiger charge is -2.21. The maximum absolute atomic E-state index is 11.9. The fourth-order valence-electron chi connectivity index (χ4n) is 1.54. The van der Waals surface area contributed by atoms with Crippen LogP contribution in [0, 0.1) is 5.41 Å². The third-order valence-electron chi connectivity index (χ3n) is 2.83. The quantitative estimate of drug-likeness (QED) is 0.450. The molecule has 1 atom stereocenters. The van der Waals surface area contributed by atoms with Crippen LogP contribution in [0.5, 0.6) is 0 Å². The summed E-state index contributed by atoms with van der Waals surface area (Å²) in [6, 6.07) is -0.216. The van der Waals surface area contributed by atoms with Gasteiger partial charge in [0.1, 0.15) is 0 Å². The zero-order valence-electron chi connectivity index (χ0n) is 15.1. The van der Waals surface area contributed by atoms with E-state index < -0.39 is 5.41 Å². The van der Waals surface area contributed by atoms with Gasteiger partial charge in [0.2, 0.25) is 5.91 Å². The number of rotatable bonds is 9. The van der Waals surface area contributed by atoms with E-state index in [4.69, 9.17) is 5.11 Å². The second-order valence-corrected chi connectivity index (χ2v) is 5.74. The Kier molecular flexibility index (Phi) is 12.9. The fraction of sp³-hybridized carbons (Fsp3) is 0.556. The largest absolute Gasteiger partial charge is 0.396 e. The lowest BCUT2D eigenvalue weighted by molar-refractivity contribution is -0.124. The van der Waals surface area contributed by atoms with Crippen molar-refractivity contribution in [3.8, 4) is 0 Å². The molecule has 0 fully saturated rings. The molecular weight excluding hydrogens is 292 g/mol. The SMILES string of the molecule is C=C/C=C(\C=C)C(=O)N[C@@H](C)CNC(=O)CC(C)(C)CO.CC. The minimum absolute atomic E-state index is 0.0538. The molecular formula is C18H32N2O3. The van der Waals surface area contributed by atoms with Gasteiger partial charge >= 0.3 is 0 Å². The maximum atomic E-state index is 11.9. The Morgan fingerprint density at radius 2 is 1.83 bits per heavy atom. The predicted octanol–water partition coefficient (Wildman–Crippen LogP) is 2.34. The Bertz CT molecular complexity index is 426. The first-order valence-corrected chi connectivity index (χ1v) is 7.89. The van der Waals surface area contributed by atoms with E-state index in [9.17, 15) is 9.59 Å². The van der Waals surface area contributed by atoms with E-state index in [2.05, 4.69) is 23.8 Å². The smallest absolute Gasteiger partial charge is 0.251 e. The van der Waals surface area contributed by atoms with Crippen molar-refractivity contribution < 1.29 is 14.7 Å². The highest BCUT2D eigenvalue weighted by Gasteiger charge is 2.21. The van der Waals surface area contributed by atoms with Gasteiger partial charge in [-0.3, -0.25) is 9.59 Å². The lowest BCUT2D eigenvalue weighted by Crippen LogP contribution is -2.43. The van der Waals surface area contributed by atoms with Gasteiger partial charge in [0, 0.05) is 31.2 Å². The van der Waals surface area contributed by atoms with E-state index in [0.717, 1.165) is 0 Å². The zero-order chi connectivity index (χ0) is 18.5. The molecule has 0 aliphatic heterocycles. The van der Waals surface area contributed by atoms with Crippen LogP contribution in [0.2, 0.25) is 0 Å². The second-order valence-electron chi connectivity index (χ2n) is 5.74. The van der Waals surface area contributed by atoms with Crippen LogP contribution in [0.3, 0.4) is 0 Å². The van der Waals surface area contributed by atoms with E-state index >= 15 is 0 Å². The highest BCUT2D eigenvalue weighted by atomic mass is 16.3. The molecule has 0 heterocycles. The van der Waals surface area contributed by atoms with Crippen LogP contribution in [-0.4, -0.2) is 36.1 Å². The standard InChI is InChI=1S/C16H26N2O3.C2H6/c1-6-8-13(7-2)15(21)18-12(3)10-17-14(20)9-16(4,5)11-19;1-2/h6-8,12,19H,1-2,9-11H2,3-5H3,(H,17,20)(H,18,21);1-2H3/b13-8+;/t12-;/m0./s1. The Hall–Kier alpha value is -1.88. The molecule has 0 aromatic carbocycles. The topological polar surface area (TPSA) is 78.4 Å². The van der Waals surface area contributed by atoms with Crippen molar-refractivity contribution in [1.29, 1.82) is 0 Å². The number of aliphatic hydroxyl groups excluding tert-OH is 1. The minimum Gasteiger partial charge on any atom is -0.396 e. The zero-order valence-corrected chi connectivity index (χ0v) is 15.1. The number of aliphatic hydroxyl groups is 1. The van der Waals surface area contributed by atoms with E-state index in [1.807, 2.05) is 27.7 Å². The summed E-state index contributed by atoms with van der Waals surface area (Å²) in [6.07, 6.45) is 4.77. The minimum atomic E-state index is -0.445. The molecule has 2 amide bonds. The predicted molar refractivity (Wildman–Crippen MR) is 95.9 cm³/mol. The Morgan fingerprint density at radius 3 is 2.26 bits per heavy atom. The molecule has 0 spiro atoms. The van der Waals surface area contributed by atoms with Crippen molar-refractivity contribution >= 4 is 11.8 Å². The summed E-state index contributed by atoms with van der Waals surface area (Å²) < 4.78 is 0. The Morgan fingerprint density at radius 1 is 1.26 bits per heavy atom. The van der Waals surface area contributed by atoms with Crippen LogP contribution < -0.4 is 10.6 Å². The van der Waals surface area contributed by atoms with E-state index in [1.165, 1.54) is 12.2 Å². The normalized spacial score (nSPS) is 12.3. The van der Waals surface area contributed by atoms with E-state index in [0.29, 0.717) is 12.1 Å². The van der Waals surface area contributed by atoms with Crippen LogP contribution in [-0.2, 0) is 9.59 Å². The van der Waals surface area contributed by atoms with Gasteiger partial charge in [0.25, 0.3) is 5.91 Å². The summed E-state index contributed by atoms with van der Waals surface area (Å²) in [5, 5.41) is 14.6. The summed E-state index contributed by atoms with van der Waals surface area (Å²) >= 11 is 0. The maximum Gasteiger partial charge on any atom is 0.251 e. The summed E-state index contributed by atoms with van der Waals surface area (Å²) in [7, 11) is 0. The molecule has 0 unspecified atom stereocenters. The van der Waals surface area contributed by atoms with Gasteiger partial charge in [-0.15, -0.1) is 0 Å². The van der Waals surface area contributed by atoms with Crippen molar-refractivity contribution in [2.24, 2.45) is 5.41 Å². The molecule has 0 saturated heterocycles. The number of carbonyl (C=O) groups excluding carboxylic acids is 2. The second kappa shape index (κ2) is 12.6. The summed E-state index contributed by atoms with van der Waals surface area (Å²) in [4.78, 5) is 23.6. The van der Waals surface area contributed by atoms with E-state index in [1.54, 1.807) is 13.0 Å². The lowest BCUT2D eigenvalue weighted by atomic mass is 9.90. The molecule has 0 radical (unpaired) electrons. The number of allylic oxidation sites excluding steroid dienone is 2. The highest BCUT2D eigenvalue weighted by molar-refractivity contribution is 5.96. The molecule has 0 aliphatic rings. The molecule has 3 N–H and O–H groups in total. The summed E-state index contributed by atoms with van der Waals surface area (Å²) in [5.41, 5.74) is -0.0242. The van der Waals surface area contributed by atoms with Gasteiger partial charge in [-0.25, -0.2) is 0 Å². The van der Waals surface area contributed by atoms with Gasteiger partial charge in [0.15, 0.2) is 0 Å². The first kappa shape index (κ1) is 23.4. The Balaban J connectivity index is 0. The third kappa shape index (κ3) is 11.4. The first-order chi connectivity index (χ1) is 10.8. The van der Waals surface area contributed by atoms with Crippen LogP contribution in [0.25, 0.3) is 0 Å². The van der Waals surface area contributed by atoms with Crippen molar-refractivity contribution in [2.45, 2.75) is 47.1 Å². The monoisotopic (exact) mass is 324 g/mol. The molecule has 23 heavy (non-hydrogen) atoms. The van der Waals surface area contributed by atoms with Crippen molar-refractivity contribution in [3.05, 3.63) is 37.0 Å². The van der Waals surface area contributed by atoms with Crippen LogP contribution in [0.4, 0.5) is 0 Å². The van der Waals surface area contributed by atoms with Gasteiger partial charge in [-0.2, -0.15) is 0 Å². The highest BCUT2D eigenvalue weighted by Crippen LogP contribution is 2.18. The molecule has 132 valence electrons. The molecule has 0 bridgehead atoms. The number of amides is 2. The van der Waals surface area contributed by atoms with Crippen molar-refractivity contribution in [3.63, 3.8) is 0 Å². The molecule has 0 aliphatic carbocycles. The number of hydrogen-bond acceptors (Lipinski definition) is 3. The fourth-order valence-corrected chi connectivity index (χ4v) is 1.54. The molecule has 5 heteroatoms. The van der Waals surface area contributed by atoms with Crippen molar-refractivity contribution in [2.75, 3.05) is 13.2 Å². The molecule has 0 aromatic rings. The average molecular weight is 324 g/mol. The van der Waals surface area contributed by atoms with Gasteiger partial charge < -0.3 is 15.7 Å². The van der Waals surface area contributed by atoms with Crippen molar-refractivity contribution in [1.82, 2.24) is 10.6 Å². The van der Waals surface area contributed by atoms with Crippen LogP contribution >= 0.6 is 0 Å². The molecule has 0 rings (SSSR count). The number of nitrogens with one attached hydrogen (secondary N) is 2. The number of carbonyl (C=O) groups is 2. The average Bonchev–Trinajstić information content (AvgIpc) is 2.52. The molecule has 0 aromatic heterocycles. The molecule has 0 saturated carbocycles. The van der Waals surface area contributed by atoms with E-state index in [-0.39, 0.29) is 30.9 Å². The third-order valence-corrected chi connectivity index (χ3v) is 2.83. The first-order valence-electron chi connectivity index (χ1n) is 7.89. The van der Waals surface area contributed by atoms with Gasteiger partial charge in [-0.1, -0.05) is 59.1 Å². The number of hydrogen-bond donors (Lipinski definition) is 3. The van der Waals surface area contributed by atoms with Gasteiger partial charge in [-0.05, 0) is 12.3 Å². The molecule has 5 nitrogen and oxygen atoms in total. The Labute approximate surface area is 140 Å². The van der Waals surface area contributed by atoms with Gasteiger partial charge in [0.05, 0.1) is 0 Å². The summed E-state index contributed by atoms with van der Waals surface area (Å²) in [6.45, 7) is 16.8. The van der Waals surface area contributed by atoms with Crippen LogP contribution in [0.15, 0.2) is 37.0 Å².